The SMILES string of the molecule is CCCCN1C(=O)[C@@H](CC2(O)CCCCC2)NC(=O)C12CCN(Cc1ccc(CCc3ccccc3)cc1)CC2.Cl. The number of unbranched alkanes of at least 4 members (excludes halogenated alkanes) is 1. The van der Waals surface area contributed by atoms with Gasteiger partial charge in [-0.1, -0.05) is 87.2 Å². The van der Waals surface area contributed by atoms with Crippen molar-refractivity contribution in [1.29, 1.82) is 0 Å². The smallest absolute Gasteiger partial charge is 0.246 e. The van der Waals surface area contributed by atoms with Crippen LogP contribution in [0.25, 0.3) is 0 Å². The summed E-state index contributed by atoms with van der Waals surface area (Å²) in [6.07, 6.45) is 10.1. The van der Waals surface area contributed by atoms with E-state index < -0.39 is 17.2 Å². The molecule has 1 saturated carbocycles. The van der Waals surface area contributed by atoms with Gasteiger partial charge in [0.15, 0.2) is 0 Å². The van der Waals surface area contributed by atoms with Crippen LogP contribution in [0.15, 0.2) is 54.6 Å². The first kappa shape index (κ1) is 31.5. The number of amides is 2. The Labute approximate surface area is 252 Å². The number of likely N-dealkylation sites (tertiary alicyclic amines) is 1. The lowest BCUT2D eigenvalue weighted by Gasteiger charge is -2.52. The molecule has 224 valence electrons. The third-order valence-corrected chi connectivity index (χ3v) is 9.57. The van der Waals surface area contributed by atoms with E-state index in [4.69, 9.17) is 0 Å². The van der Waals surface area contributed by atoms with Crippen molar-refractivity contribution in [3.63, 3.8) is 0 Å². The molecule has 2 N–H and O–H groups in total. The summed E-state index contributed by atoms with van der Waals surface area (Å²) in [6, 6.07) is 18.9. The van der Waals surface area contributed by atoms with Gasteiger partial charge in [-0.3, -0.25) is 14.5 Å². The summed E-state index contributed by atoms with van der Waals surface area (Å²) in [5.74, 6) is -0.0124. The van der Waals surface area contributed by atoms with E-state index in [1.165, 1.54) is 16.7 Å². The summed E-state index contributed by atoms with van der Waals surface area (Å²) < 4.78 is 0. The van der Waals surface area contributed by atoms with Crippen molar-refractivity contribution in [2.45, 2.75) is 108 Å². The molecule has 5 rings (SSSR count). The van der Waals surface area contributed by atoms with Crippen LogP contribution >= 0.6 is 12.4 Å². The van der Waals surface area contributed by atoms with Crippen molar-refractivity contribution >= 4 is 24.2 Å². The second kappa shape index (κ2) is 14.2. The molecule has 2 aromatic carbocycles. The number of carbonyl (C=O) groups is 2. The predicted molar refractivity (Wildman–Crippen MR) is 166 cm³/mol. The molecule has 0 bridgehead atoms. The summed E-state index contributed by atoms with van der Waals surface area (Å²) in [5, 5.41) is 14.2. The second-order valence-electron chi connectivity index (χ2n) is 12.5. The number of rotatable bonds is 10. The Morgan fingerprint density at radius 3 is 2.10 bits per heavy atom. The molecule has 2 heterocycles. The average molecular weight is 582 g/mol. The van der Waals surface area contributed by atoms with E-state index in [0.717, 1.165) is 77.4 Å². The van der Waals surface area contributed by atoms with Gasteiger partial charge in [0.2, 0.25) is 11.8 Å². The number of piperazine rings is 1. The molecule has 6 nitrogen and oxygen atoms in total. The van der Waals surface area contributed by atoms with E-state index in [0.29, 0.717) is 25.8 Å². The lowest BCUT2D eigenvalue weighted by atomic mass is 9.77. The van der Waals surface area contributed by atoms with Gasteiger partial charge in [0.25, 0.3) is 0 Å². The zero-order chi connectivity index (χ0) is 28.0. The quantitative estimate of drug-likeness (QED) is 0.392. The summed E-state index contributed by atoms with van der Waals surface area (Å²) in [4.78, 5) is 31.8. The monoisotopic (exact) mass is 581 g/mol. The van der Waals surface area contributed by atoms with Crippen molar-refractivity contribution in [3.8, 4) is 0 Å². The molecule has 0 aromatic heterocycles. The van der Waals surface area contributed by atoms with Crippen LogP contribution in [-0.2, 0) is 29.0 Å². The number of nitrogens with zero attached hydrogens (tertiary/aromatic N) is 2. The zero-order valence-electron chi connectivity index (χ0n) is 24.7. The molecule has 2 amide bonds. The third kappa shape index (κ3) is 7.52. The molecule has 2 aromatic rings. The minimum absolute atomic E-state index is 0. The standard InChI is InChI=1S/C34H47N3O3.ClH/c1-2-3-22-37-31(38)30(25-33(40)18-8-5-9-19-33)35-32(39)34(37)20-23-36(24-21-34)26-29-16-14-28(15-17-29)13-12-27-10-6-4-7-11-27;/h4,6-7,10-11,14-17,30,40H,2-3,5,8-9,12-13,18-26H2,1H3,(H,35,39);1H/t30-;/m1./s1. The van der Waals surface area contributed by atoms with Crippen molar-refractivity contribution in [2.75, 3.05) is 19.6 Å². The van der Waals surface area contributed by atoms with Gasteiger partial charge in [-0.2, -0.15) is 0 Å². The Balaban J connectivity index is 0.00000387. The average Bonchev–Trinajstić information content (AvgIpc) is 2.97. The number of hydrogen-bond acceptors (Lipinski definition) is 4. The predicted octanol–water partition coefficient (Wildman–Crippen LogP) is 5.44. The van der Waals surface area contributed by atoms with Gasteiger partial charge in [0, 0.05) is 32.6 Å². The molecule has 3 aliphatic rings. The Hall–Kier alpha value is -2.41. The third-order valence-electron chi connectivity index (χ3n) is 9.57. The van der Waals surface area contributed by atoms with E-state index >= 15 is 0 Å². The van der Waals surface area contributed by atoms with Gasteiger partial charge in [-0.05, 0) is 61.6 Å². The maximum atomic E-state index is 13.8. The molecule has 0 unspecified atom stereocenters. The number of aliphatic hydroxyl groups is 1. The molecule has 2 aliphatic heterocycles. The summed E-state index contributed by atoms with van der Waals surface area (Å²) in [6.45, 7) is 5.16. The van der Waals surface area contributed by atoms with Crippen LogP contribution in [0.2, 0.25) is 0 Å². The Kier molecular flexibility index (Phi) is 10.9. The number of piperidine rings is 1. The highest BCUT2D eigenvalue weighted by molar-refractivity contribution is 6.00. The molecule has 1 atom stereocenters. The minimum Gasteiger partial charge on any atom is -0.390 e. The Bertz CT molecular complexity index is 1130. The van der Waals surface area contributed by atoms with Gasteiger partial charge in [-0.15, -0.1) is 12.4 Å². The van der Waals surface area contributed by atoms with Crippen LogP contribution in [0.3, 0.4) is 0 Å². The minimum atomic E-state index is -0.840. The molecule has 0 radical (unpaired) electrons. The first-order valence-electron chi connectivity index (χ1n) is 15.6. The van der Waals surface area contributed by atoms with Gasteiger partial charge in [0.1, 0.15) is 11.6 Å². The maximum absolute atomic E-state index is 13.8. The van der Waals surface area contributed by atoms with Crippen molar-refractivity contribution in [1.82, 2.24) is 15.1 Å². The zero-order valence-corrected chi connectivity index (χ0v) is 25.5. The van der Waals surface area contributed by atoms with Crippen LogP contribution in [0.5, 0.6) is 0 Å². The molecular weight excluding hydrogens is 534 g/mol. The number of nitrogens with one attached hydrogen (secondary N) is 1. The normalized spacial score (nSPS) is 22.3. The first-order chi connectivity index (χ1) is 19.4. The van der Waals surface area contributed by atoms with Crippen molar-refractivity contribution in [3.05, 3.63) is 71.3 Å². The van der Waals surface area contributed by atoms with E-state index in [2.05, 4.69) is 71.7 Å². The molecule has 41 heavy (non-hydrogen) atoms. The van der Waals surface area contributed by atoms with Crippen LogP contribution < -0.4 is 5.32 Å². The van der Waals surface area contributed by atoms with Crippen molar-refractivity contribution < 1.29 is 14.7 Å². The van der Waals surface area contributed by atoms with Crippen LogP contribution in [0.1, 0.15) is 87.8 Å². The fraction of sp³-hybridized carbons (Fsp3) is 0.588. The van der Waals surface area contributed by atoms with Crippen molar-refractivity contribution in [2.24, 2.45) is 0 Å². The number of halogens is 1. The highest BCUT2D eigenvalue weighted by Crippen LogP contribution is 2.37. The molecular formula is C34H48ClN3O3. The van der Waals surface area contributed by atoms with E-state index in [1.807, 2.05) is 4.90 Å². The first-order valence-corrected chi connectivity index (χ1v) is 15.6. The molecule has 1 spiro atoms. The molecule has 3 fully saturated rings. The topological polar surface area (TPSA) is 72.9 Å². The van der Waals surface area contributed by atoms with E-state index in [-0.39, 0.29) is 24.2 Å². The maximum Gasteiger partial charge on any atom is 0.246 e. The molecule has 7 heteroatoms. The number of benzene rings is 2. The van der Waals surface area contributed by atoms with Gasteiger partial charge in [0.05, 0.1) is 5.60 Å². The second-order valence-corrected chi connectivity index (χ2v) is 12.5. The van der Waals surface area contributed by atoms with E-state index in [1.54, 1.807) is 0 Å². The number of hydrogen-bond donors (Lipinski definition) is 2. The highest BCUT2D eigenvalue weighted by Gasteiger charge is 2.54. The number of carbonyl (C=O) groups excluding carboxylic acids is 2. The van der Waals surface area contributed by atoms with Crippen LogP contribution in [0, 0.1) is 0 Å². The summed E-state index contributed by atoms with van der Waals surface area (Å²) in [5.41, 5.74) is 2.39. The lowest BCUT2D eigenvalue weighted by Crippen LogP contribution is -2.73. The van der Waals surface area contributed by atoms with Gasteiger partial charge in [-0.25, -0.2) is 0 Å². The Morgan fingerprint density at radius 1 is 0.854 bits per heavy atom. The fourth-order valence-corrected chi connectivity index (χ4v) is 7.03. The van der Waals surface area contributed by atoms with Crippen LogP contribution in [0.4, 0.5) is 0 Å². The molecule has 1 aliphatic carbocycles. The highest BCUT2D eigenvalue weighted by atomic mass is 35.5. The molecule has 2 saturated heterocycles. The largest absolute Gasteiger partial charge is 0.390 e. The van der Waals surface area contributed by atoms with Gasteiger partial charge >= 0.3 is 0 Å². The van der Waals surface area contributed by atoms with Crippen LogP contribution in [-0.4, -0.2) is 63.5 Å². The van der Waals surface area contributed by atoms with Gasteiger partial charge < -0.3 is 15.3 Å². The fourth-order valence-electron chi connectivity index (χ4n) is 7.03. The summed E-state index contributed by atoms with van der Waals surface area (Å²) in [7, 11) is 0. The Morgan fingerprint density at radius 2 is 1.46 bits per heavy atom. The lowest BCUT2D eigenvalue weighted by molar-refractivity contribution is -0.163. The summed E-state index contributed by atoms with van der Waals surface area (Å²) >= 11 is 0. The van der Waals surface area contributed by atoms with E-state index in [9.17, 15) is 14.7 Å². The number of aryl methyl sites for hydroxylation is 2.